The summed E-state index contributed by atoms with van der Waals surface area (Å²) in [5.41, 5.74) is 4.20. The van der Waals surface area contributed by atoms with Gasteiger partial charge in [0.15, 0.2) is 11.6 Å². The standard InChI is InChI=1S/C27H20BrO2/c28-23-14-12-20(13-15-23)25(29)17-19-11-16-24(26(30)18-19)27(21-7-3-1-4-8-21)22-9-5-2-6-10-22/h1-16H,17-18H2. The number of ketones is 2. The van der Waals surface area contributed by atoms with Crippen LogP contribution < -0.4 is 0 Å². The molecule has 0 saturated heterocycles. The van der Waals surface area contributed by atoms with Crippen molar-refractivity contribution in [2.75, 3.05) is 0 Å². The summed E-state index contributed by atoms with van der Waals surface area (Å²) in [6.07, 6.45) is 4.31. The number of benzene rings is 3. The summed E-state index contributed by atoms with van der Waals surface area (Å²) in [5.74, 6) is 0.989. The van der Waals surface area contributed by atoms with E-state index < -0.39 is 0 Å². The summed E-state index contributed by atoms with van der Waals surface area (Å²) in [6.45, 7) is 0. The Balaban J connectivity index is 1.62. The van der Waals surface area contributed by atoms with Crippen LogP contribution in [0, 0.1) is 5.92 Å². The molecule has 0 aromatic heterocycles. The van der Waals surface area contributed by atoms with Crippen LogP contribution in [-0.2, 0) is 4.79 Å². The first-order chi connectivity index (χ1) is 14.6. The first-order valence-electron chi connectivity index (χ1n) is 9.81. The molecule has 3 heteroatoms. The van der Waals surface area contributed by atoms with E-state index in [1.165, 1.54) is 0 Å². The molecular formula is C27H20BrO2. The van der Waals surface area contributed by atoms with Gasteiger partial charge in [-0.05, 0) is 23.3 Å². The monoisotopic (exact) mass is 455 g/mol. The fraction of sp³-hybridized carbons (Fsp3) is 0.0741. The molecule has 2 nitrogen and oxygen atoms in total. The van der Waals surface area contributed by atoms with Crippen LogP contribution in [-0.4, -0.2) is 11.6 Å². The maximum Gasteiger partial charge on any atom is 0.166 e. The minimum atomic E-state index is 0.0220. The van der Waals surface area contributed by atoms with Gasteiger partial charge in [0.25, 0.3) is 0 Å². The third-order valence-electron chi connectivity index (χ3n) is 5.12. The highest BCUT2D eigenvalue weighted by atomic mass is 79.9. The van der Waals surface area contributed by atoms with Crippen molar-refractivity contribution in [3.63, 3.8) is 0 Å². The SMILES string of the molecule is O=C1CC(CC(=O)c2ccc(Br)cc2)=CC=C1[C](c1ccccc1)c1ccccc1. The van der Waals surface area contributed by atoms with Gasteiger partial charge in [-0.1, -0.05) is 106 Å². The fourth-order valence-electron chi connectivity index (χ4n) is 3.63. The molecule has 0 heterocycles. The zero-order chi connectivity index (χ0) is 20.9. The zero-order valence-electron chi connectivity index (χ0n) is 16.3. The molecule has 0 unspecified atom stereocenters. The first-order valence-corrected chi connectivity index (χ1v) is 10.6. The van der Waals surface area contributed by atoms with Crippen LogP contribution >= 0.6 is 15.9 Å². The van der Waals surface area contributed by atoms with Crippen molar-refractivity contribution in [1.29, 1.82) is 0 Å². The number of rotatable bonds is 6. The Labute approximate surface area is 185 Å². The van der Waals surface area contributed by atoms with Gasteiger partial charge in [-0.3, -0.25) is 9.59 Å². The average Bonchev–Trinajstić information content (AvgIpc) is 2.77. The molecule has 0 bridgehead atoms. The maximum absolute atomic E-state index is 13.1. The highest BCUT2D eigenvalue weighted by Gasteiger charge is 2.27. The Morgan fingerprint density at radius 2 is 1.30 bits per heavy atom. The van der Waals surface area contributed by atoms with E-state index in [1.54, 1.807) is 12.1 Å². The third-order valence-corrected chi connectivity index (χ3v) is 5.65. The second-order valence-corrected chi connectivity index (χ2v) is 8.13. The Bertz CT molecular complexity index is 1070. The Hall–Kier alpha value is -3.04. The Morgan fingerprint density at radius 1 is 0.733 bits per heavy atom. The minimum absolute atomic E-state index is 0.0220. The highest BCUT2D eigenvalue weighted by molar-refractivity contribution is 9.10. The number of allylic oxidation sites excluding steroid dienone is 4. The second kappa shape index (κ2) is 9.19. The second-order valence-electron chi connectivity index (χ2n) is 7.22. The summed E-state index contributed by atoms with van der Waals surface area (Å²) in [6, 6.07) is 27.2. The molecule has 1 radical (unpaired) electrons. The van der Waals surface area contributed by atoms with Gasteiger partial charge in [-0.15, -0.1) is 0 Å². The van der Waals surface area contributed by atoms with Crippen LogP contribution in [0.5, 0.6) is 0 Å². The van der Waals surface area contributed by atoms with Crippen LogP contribution in [0.4, 0.5) is 0 Å². The Kier molecular flexibility index (Phi) is 6.20. The van der Waals surface area contributed by atoms with Crippen molar-refractivity contribution in [3.8, 4) is 0 Å². The summed E-state index contributed by atoms with van der Waals surface area (Å²) in [5, 5.41) is 0. The van der Waals surface area contributed by atoms with Crippen molar-refractivity contribution in [3.05, 3.63) is 135 Å². The predicted octanol–water partition coefficient (Wildman–Crippen LogP) is 6.52. The summed E-state index contributed by atoms with van der Waals surface area (Å²) >= 11 is 3.38. The maximum atomic E-state index is 13.1. The molecule has 147 valence electrons. The largest absolute Gasteiger partial charge is 0.294 e. The van der Waals surface area contributed by atoms with Crippen molar-refractivity contribution >= 4 is 27.5 Å². The molecule has 0 N–H and O–H groups in total. The molecule has 3 aromatic carbocycles. The van der Waals surface area contributed by atoms with Gasteiger partial charge in [0, 0.05) is 28.5 Å². The van der Waals surface area contributed by atoms with E-state index in [0.29, 0.717) is 11.1 Å². The van der Waals surface area contributed by atoms with Gasteiger partial charge in [0.1, 0.15) is 0 Å². The third kappa shape index (κ3) is 4.58. The number of halogens is 1. The molecule has 30 heavy (non-hydrogen) atoms. The van der Waals surface area contributed by atoms with Crippen molar-refractivity contribution in [2.24, 2.45) is 0 Å². The van der Waals surface area contributed by atoms with E-state index in [2.05, 4.69) is 15.9 Å². The van der Waals surface area contributed by atoms with Gasteiger partial charge in [-0.2, -0.15) is 0 Å². The molecule has 1 aliphatic carbocycles. The fourth-order valence-corrected chi connectivity index (χ4v) is 3.89. The number of carbonyl (C=O) groups is 2. The highest BCUT2D eigenvalue weighted by Crippen LogP contribution is 2.35. The molecule has 0 spiro atoms. The summed E-state index contributed by atoms with van der Waals surface area (Å²) < 4.78 is 0.934. The normalized spacial score (nSPS) is 13.7. The van der Waals surface area contributed by atoms with Crippen molar-refractivity contribution in [1.82, 2.24) is 0 Å². The number of hydrogen-bond acceptors (Lipinski definition) is 2. The lowest BCUT2D eigenvalue weighted by molar-refractivity contribution is -0.114. The topological polar surface area (TPSA) is 34.1 Å². The lowest BCUT2D eigenvalue weighted by Gasteiger charge is -2.22. The van der Waals surface area contributed by atoms with Crippen molar-refractivity contribution in [2.45, 2.75) is 12.8 Å². The lowest BCUT2D eigenvalue weighted by Crippen LogP contribution is -2.18. The molecule has 1 aliphatic rings. The summed E-state index contributed by atoms with van der Waals surface area (Å²) in [7, 11) is 0. The van der Waals surface area contributed by atoms with Gasteiger partial charge in [0.05, 0.1) is 5.92 Å². The van der Waals surface area contributed by atoms with Crippen molar-refractivity contribution < 1.29 is 9.59 Å². The number of Topliss-reactive ketones (excluding diaryl/α,β-unsaturated/α-hetero) is 2. The van der Waals surface area contributed by atoms with E-state index in [4.69, 9.17) is 0 Å². The molecular weight excluding hydrogens is 436 g/mol. The summed E-state index contributed by atoms with van der Waals surface area (Å²) in [4.78, 5) is 25.7. The quantitative estimate of drug-likeness (QED) is 0.396. The van der Waals surface area contributed by atoms with Crippen LogP contribution in [0.1, 0.15) is 34.3 Å². The molecule has 3 aromatic rings. The molecule has 0 saturated carbocycles. The van der Waals surface area contributed by atoms with Gasteiger partial charge in [0.2, 0.25) is 0 Å². The molecule has 0 atom stereocenters. The lowest BCUT2D eigenvalue weighted by atomic mass is 9.79. The van der Waals surface area contributed by atoms with E-state index in [-0.39, 0.29) is 24.4 Å². The minimum Gasteiger partial charge on any atom is -0.294 e. The smallest absolute Gasteiger partial charge is 0.166 e. The zero-order valence-corrected chi connectivity index (χ0v) is 17.9. The molecule has 0 amide bonds. The predicted molar refractivity (Wildman–Crippen MR) is 123 cm³/mol. The van der Waals surface area contributed by atoms with Crippen LogP contribution in [0.15, 0.2) is 113 Å². The van der Waals surface area contributed by atoms with Gasteiger partial charge in [-0.25, -0.2) is 0 Å². The average molecular weight is 456 g/mol. The number of carbonyl (C=O) groups excluding carboxylic acids is 2. The van der Waals surface area contributed by atoms with E-state index in [1.807, 2.05) is 84.9 Å². The van der Waals surface area contributed by atoms with E-state index in [0.717, 1.165) is 27.1 Å². The van der Waals surface area contributed by atoms with E-state index in [9.17, 15) is 9.59 Å². The molecule has 0 fully saturated rings. The molecule has 4 rings (SSSR count). The number of hydrogen-bond donors (Lipinski definition) is 0. The van der Waals surface area contributed by atoms with Crippen LogP contribution in [0.3, 0.4) is 0 Å². The Morgan fingerprint density at radius 3 is 1.83 bits per heavy atom. The van der Waals surface area contributed by atoms with Gasteiger partial charge < -0.3 is 0 Å². The van der Waals surface area contributed by atoms with Crippen LogP contribution in [0.2, 0.25) is 0 Å². The van der Waals surface area contributed by atoms with Gasteiger partial charge >= 0.3 is 0 Å². The van der Waals surface area contributed by atoms with Crippen LogP contribution in [0.25, 0.3) is 0 Å². The first kappa shape index (κ1) is 20.2. The van der Waals surface area contributed by atoms with E-state index >= 15 is 0 Å². The molecule has 0 aliphatic heterocycles.